The lowest BCUT2D eigenvalue weighted by Gasteiger charge is -2.30. The summed E-state index contributed by atoms with van der Waals surface area (Å²) in [6, 6.07) is 8.02. The minimum Gasteiger partial charge on any atom is -0.271 e. The lowest BCUT2D eigenvalue weighted by Crippen LogP contribution is -2.42. The van der Waals surface area contributed by atoms with E-state index in [2.05, 4.69) is 16.9 Å². The Morgan fingerprint density at radius 3 is 2.76 bits per heavy atom. The molecular formula is C16H18Cl2N2S. The molecule has 1 aliphatic rings. The molecule has 21 heavy (non-hydrogen) atoms. The Hall–Kier alpha value is -0.580. The van der Waals surface area contributed by atoms with Crippen LogP contribution in [0.4, 0.5) is 0 Å². The van der Waals surface area contributed by atoms with Crippen LogP contribution >= 0.6 is 34.5 Å². The maximum atomic E-state index is 6.30. The summed E-state index contributed by atoms with van der Waals surface area (Å²) in [5.41, 5.74) is 5.41. The molecule has 5 heteroatoms. The van der Waals surface area contributed by atoms with Gasteiger partial charge in [-0.3, -0.25) is 11.3 Å². The summed E-state index contributed by atoms with van der Waals surface area (Å²) in [4.78, 5) is 1.50. The third-order valence-corrected chi connectivity index (χ3v) is 5.99. The van der Waals surface area contributed by atoms with Gasteiger partial charge in [0.25, 0.3) is 0 Å². The van der Waals surface area contributed by atoms with Crippen LogP contribution in [0.5, 0.6) is 0 Å². The molecule has 0 spiro atoms. The quantitative estimate of drug-likeness (QED) is 0.632. The first kappa shape index (κ1) is 15.3. The van der Waals surface area contributed by atoms with Crippen molar-refractivity contribution in [1.29, 1.82) is 0 Å². The fraction of sp³-hybridized carbons (Fsp3) is 0.375. The second-order valence-corrected chi connectivity index (χ2v) is 7.29. The van der Waals surface area contributed by atoms with Gasteiger partial charge in [0.2, 0.25) is 0 Å². The normalized spacial score (nSPS) is 19.3. The van der Waals surface area contributed by atoms with E-state index < -0.39 is 0 Å². The second-order valence-electron chi connectivity index (χ2n) is 5.48. The van der Waals surface area contributed by atoms with Gasteiger partial charge in [-0.15, -0.1) is 11.3 Å². The maximum Gasteiger partial charge on any atom is 0.0453 e. The third kappa shape index (κ3) is 3.13. The molecule has 112 valence electrons. The van der Waals surface area contributed by atoms with E-state index in [4.69, 9.17) is 29.0 Å². The summed E-state index contributed by atoms with van der Waals surface area (Å²) < 4.78 is 0. The highest BCUT2D eigenvalue weighted by Gasteiger charge is 2.29. The molecule has 1 aromatic heterocycles. The summed E-state index contributed by atoms with van der Waals surface area (Å²) in [7, 11) is 0. The predicted molar refractivity (Wildman–Crippen MR) is 91.3 cm³/mol. The van der Waals surface area contributed by atoms with Gasteiger partial charge in [-0.05, 0) is 60.4 Å². The molecule has 3 rings (SSSR count). The largest absolute Gasteiger partial charge is 0.271 e. The van der Waals surface area contributed by atoms with Gasteiger partial charge in [0.15, 0.2) is 0 Å². The number of nitrogens with one attached hydrogen (secondary N) is 1. The molecule has 1 aliphatic carbocycles. The molecule has 3 N–H and O–H groups in total. The van der Waals surface area contributed by atoms with Gasteiger partial charge < -0.3 is 0 Å². The van der Waals surface area contributed by atoms with Crippen LogP contribution in [-0.2, 0) is 12.8 Å². The van der Waals surface area contributed by atoms with Crippen LogP contribution in [0.1, 0.15) is 34.8 Å². The van der Waals surface area contributed by atoms with Gasteiger partial charge in [-0.25, -0.2) is 0 Å². The van der Waals surface area contributed by atoms with Crippen molar-refractivity contribution >= 4 is 34.5 Å². The highest BCUT2D eigenvalue weighted by molar-refractivity contribution is 7.10. The number of nitrogens with two attached hydrogens (primary N) is 1. The van der Waals surface area contributed by atoms with Crippen molar-refractivity contribution in [2.75, 3.05) is 0 Å². The molecule has 2 nitrogen and oxygen atoms in total. The number of hydrazine groups is 1. The zero-order valence-corrected chi connectivity index (χ0v) is 13.9. The van der Waals surface area contributed by atoms with Crippen LogP contribution in [0.25, 0.3) is 0 Å². The zero-order valence-electron chi connectivity index (χ0n) is 11.6. The molecule has 0 radical (unpaired) electrons. The van der Waals surface area contributed by atoms with Crippen molar-refractivity contribution in [2.24, 2.45) is 5.84 Å². The zero-order chi connectivity index (χ0) is 14.8. The van der Waals surface area contributed by atoms with Crippen molar-refractivity contribution in [1.82, 2.24) is 5.43 Å². The number of aryl methyl sites for hydroxylation is 1. The first-order valence-corrected chi connectivity index (χ1v) is 8.79. The average molecular weight is 341 g/mol. The molecule has 0 fully saturated rings. The molecule has 2 unspecified atom stereocenters. The number of hydrogen-bond donors (Lipinski definition) is 2. The molecule has 0 bridgehead atoms. The van der Waals surface area contributed by atoms with Gasteiger partial charge in [-0.2, -0.15) is 0 Å². The van der Waals surface area contributed by atoms with Gasteiger partial charge in [0.1, 0.15) is 0 Å². The van der Waals surface area contributed by atoms with Gasteiger partial charge in [-0.1, -0.05) is 29.3 Å². The minimum atomic E-state index is 0.149. The van der Waals surface area contributed by atoms with E-state index in [1.54, 1.807) is 0 Å². The summed E-state index contributed by atoms with van der Waals surface area (Å²) in [6.45, 7) is 0. The number of thiophene rings is 1. The van der Waals surface area contributed by atoms with Crippen molar-refractivity contribution < 1.29 is 0 Å². The van der Waals surface area contributed by atoms with Crippen molar-refractivity contribution in [3.63, 3.8) is 0 Å². The van der Waals surface area contributed by atoms with Crippen LogP contribution in [-0.4, -0.2) is 6.04 Å². The van der Waals surface area contributed by atoms with Crippen LogP contribution in [0.3, 0.4) is 0 Å². The molecule has 1 aromatic carbocycles. The Bertz CT molecular complexity index is 606. The standard InChI is InChI=1S/C16H18Cl2N2S/c17-13-4-2-5-14(18)12(13)9-15(20-19)10-3-1-6-16-11(10)7-8-21-16/h2,4-5,7-8,10,15,20H,1,3,6,9,19H2. The van der Waals surface area contributed by atoms with Crippen LogP contribution in [0.2, 0.25) is 10.0 Å². The van der Waals surface area contributed by atoms with E-state index in [-0.39, 0.29) is 6.04 Å². The summed E-state index contributed by atoms with van der Waals surface area (Å²) >= 11 is 14.4. The lowest BCUT2D eigenvalue weighted by atomic mass is 9.80. The molecule has 2 aromatic rings. The second kappa shape index (κ2) is 6.67. The Morgan fingerprint density at radius 2 is 2.05 bits per heavy atom. The highest BCUT2D eigenvalue weighted by Crippen LogP contribution is 2.38. The molecule has 1 heterocycles. The van der Waals surface area contributed by atoms with E-state index in [9.17, 15) is 0 Å². The van der Waals surface area contributed by atoms with E-state index in [0.717, 1.165) is 18.4 Å². The first-order chi connectivity index (χ1) is 10.2. The third-order valence-electron chi connectivity index (χ3n) is 4.28. The van der Waals surface area contributed by atoms with E-state index in [1.165, 1.54) is 23.3 Å². The van der Waals surface area contributed by atoms with Crippen molar-refractivity contribution in [3.8, 4) is 0 Å². The molecule has 0 aliphatic heterocycles. The maximum absolute atomic E-state index is 6.30. The molecule has 0 saturated carbocycles. The number of rotatable bonds is 4. The average Bonchev–Trinajstić information content (AvgIpc) is 2.96. The fourth-order valence-electron chi connectivity index (χ4n) is 3.20. The van der Waals surface area contributed by atoms with Crippen LogP contribution in [0.15, 0.2) is 29.6 Å². The number of hydrogen-bond acceptors (Lipinski definition) is 3. The van der Waals surface area contributed by atoms with Gasteiger partial charge in [0, 0.05) is 26.9 Å². The minimum absolute atomic E-state index is 0.149. The highest BCUT2D eigenvalue weighted by atomic mass is 35.5. The first-order valence-electron chi connectivity index (χ1n) is 7.16. The molecular weight excluding hydrogens is 323 g/mol. The Kier molecular flexibility index (Phi) is 4.87. The van der Waals surface area contributed by atoms with Crippen molar-refractivity contribution in [3.05, 3.63) is 55.7 Å². The Balaban J connectivity index is 1.87. The fourth-order valence-corrected chi connectivity index (χ4v) is 4.75. The molecule has 2 atom stereocenters. The topological polar surface area (TPSA) is 38.0 Å². The summed E-state index contributed by atoms with van der Waals surface area (Å²) in [5, 5.41) is 3.60. The van der Waals surface area contributed by atoms with E-state index in [0.29, 0.717) is 16.0 Å². The summed E-state index contributed by atoms with van der Waals surface area (Å²) in [5.74, 6) is 6.27. The van der Waals surface area contributed by atoms with Crippen LogP contribution < -0.4 is 11.3 Å². The Labute approximate surface area is 139 Å². The van der Waals surface area contributed by atoms with Crippen molar-refractivity contribution in [2.45, 2.75) is 37.6 Å². The lowest BCUT2D eigenvalue weighted by molar-refractivity contribution is 0.397. The summed E-state index contributed by atoms with van der Waals surface area (Å²) in [6.07, 6.45) is 4.30. The van der Waals surface area contributed by atoms with E-state index >= 15 is 0 Å². The number of benzene rings is 1. The predicted octanol–water partition coefficient (Wildman–Crippen LogP) is 4.55. The number of fused-ring (bicyclic) bond motifs is 1. The smallest absolute Gasteiger partial charge is 0.0453 e. The Morgan fingerprint density at radius 1 is 1.29 bits per heavy atom. The number of halogens is 2. The van der Waals surface area contributed by atoms with Gasteiger partial charge >= 0.3 is 0 Å². The SMILES string of the molecule is NNC(Cc1c(Cl)cccc1Cl)C1CCCc2sccc21. The van der Waals surface area contributed by atoms with Gasteiger partial charge in [0.05, 0.1) is 0 Å². The van der Waals surface area contributed by atoms with Crippen LogP contribution in [0, 0.1) is 0 Å². The van der Waals surface area contributed by atoms with E-state index in [1.807, 2.05) is 29.5 Å². The monoisotopic (exact) mass is 340 g/mol. The molecule has 0 saturated heterocycles. The molecule has 0 amide bonds.